The van der Waals surface area contributed by atoms with Gasteiger partial charge in [-0.2, -0.15) is 0 Å². The zero-order chi connectivity index (χ0) is 8.97. The van der Waals surface area contributed by atoms with E-state index in [2.05, 4.69) is 52.9 Å². The Morgan fingerprint density at radius 1 is 1.58 bits per heavy atom. The Balaban J connectivity index is 2.78. The van der Waals surface area contributed by atoms with Crippen molar-refractivity contribution in [1.82, 2.24) is 0 Å². The minimum Gasteiger partial charge on any atom is -0.381 e. The van der Waals surface area contributed by atoms with Gasteiger partial charge in [0.15, 0.2) is 0 Å². The van der Waals surface area contributed by atoms with E-state index in [0.717, 1.165) is 16.7 Å². The highest BCUT2D eigenvalue weighted by atomic mass is 79.9. The Labute approximate surface area is 81.6 Å². The topological polar surface area (TPSA) is 12.0 Å². The Morgan fingerprint density at radius 2 is 2.33 bits per heavy atom. The van der Waals surface area contributed by atoms with Crippen molar-refractivity contribution in [2.24, 2.45) is 0 Å². The molecule has 1 N–H and O–H groups in total. The quantitative estimate of drug-likeness (QED) is 0.779. The molecule has 0 heterocycles. The van der Waals surface area contributed by atoms with E-state index in [1.165, 1.54) is 5.56 Å². The molecule has 0 saturated heterocycles. The van der Waals surface area contributed by atoms with Crippen LogP contribution in [0.1, 0.15) is 5.56 Å². The molecule has 0 saturated carbocycles. The highest BCUT2D eigenvalue weighted by Gasteiger charge is 1.96. The van der Waals surface area contributed by atoms with Crippen molar-refractivity contribution in [3.8, 4) is 0 Å². The first-order valence-corrected chi connectivity index (χ1v) is 4.64. The maximum atomic E-state index is 3.65. The normalized spacial score (nSPS) is 9.50. The third kappa shape index (κ3) is 2.38. The molecule has 1 rings (SSSR count). The number of hydrogen-bond acceptors (Lipinski definition) is 1. The lowest BCUT2D eigenvalue weighted by atomic mass is 10.2. The van der Waals surface area contributed by atoms with Gasteiger partial charge in [-0.3, -0.25) is 0 Å². The number of rotatable bonds is 3. The highest BCUT2D eigenvalue weighted by Crippen LogP contribution is 2.22. The molecule has 12 heavy (non-hydrogen) atoms. The van der Waals surface area contributed by atoms with Crippen molar-refractivity contribution in [1.29, 1.82) is 0 Å². The van der Waals surface area contributed by atoms with Crippen LogP contribution >= 0.6 is 15.9 Å². The first-order chi connectivity index (χ1) is 5.74. The second-order valence-electron chi connectivity index (χ2n) is 2.65. The number of anilines is 1. The molecule has 2 heteroatoms. The van der Waals surface area contributed by atoms with Gasteiger partial charge in [-0.05, 0) is 40.5 Å². The van der Waals surface area contributed by atoms with Gasteiger partial charge in [-0.1, -0.05) is 12.1 Å². The third-order valence-corrected chi connectivity index (χ3v) is 2.22. The molecule has 0 unspecified atom stereocenters. The van der Waals surface area contributed by atoms with Crippen molar-refractivity contribution in [2.45, 2.75) is 6.92 Å². The molecular weight excluding hydrogens is 214 g/mol. The molecule has 0 aromatic heterocycles. The predicted octanol–water partition coefficient (Wildman–Crippen LogP) is 3.36. The van der Waals surface area contributed by atoms with Crippen LogP contribution in [0.2, 0.25) is 0 Å². The summed E-state index contributed by atoms with van der Waals surface area (Å²) in [6.07, 6.45) is 1.84. The van der Waals surface area contributed by atoms with E-state index >= 15 is 0 Å². The lowest BCUT2D eigenvalue weighted by Gasteiger charge is -2.06. The van der Waals surface area contributed by atoms with Gasteiger partial charge in [0.25, 0.3) is 0 Å². The maximum Gasteiger partial charge on any atom is 0.0487 e. The van der Waals surface area contributed by atoms with Crippen molar-refractivity contribution >= 4 is 21.6 Å². The molecule has 0 aliphatic rings. The second kappa shape index (κ2) is 4.31. The highest BCUT2D eigenvalue weighted by molar-refractivity contribution is 9.10. The minimum absolute atomic E-state index is 0.793. The van der Waals surface area contributed by atoms with E-state index in [4.69, 9.17) is 0 Å². The summed E-state index contributed by atoms with van der Waals surface area (Å²) in [4.78, 5) is 0. The van der Waals surface area contributed by atoms with E-state index in [1.807, 2.05) is 6.08 Å². The van der Waals surface area contributed by atoms with E-state index in [1.54, 1.807) is 0 Å². The molecule has 0 atom stereocenters. The van der Waals surface area contributed by atoms with Crippen LogP contribution in [0.25, 0.3) is 0 Å². The van der Waals surface area contributed by atoms with Crippen LogP contribution in [0.15, 0.2) is 35.3 Å². The molecule has 0 aliphatic carbocycles. The Kier molecular flexibility index (Phi) is 3.35. The average Bonchev–Trinajstić information content (AvgIpc) is 2.03. The summed E-state index contributed by atoms with van der Waals surface area (Å²) in [6.45, 7) is 6.51. The fourth-order valence-electron chi connectivity index (χ4n) is 0.946. The first-order valence-electron chi connectivity index (χ1n) is 3.85. The average molecular weight is 226 g/mol. The number of halogens is 1. The van der Waals surface area contributed by atoms with Crippen molar-refractivity contribution in [3.05, 3.63) is 40.9 Å². The van der Waals surface area contributed by atoms with E-state index in [0.29, 0.717) is 0 Å². The number of nitrogens with one attached hydrogen (secondary N) is 1. The predicted molar refractivity (Wildman–Crippen MR) is 57.6 cm³/mol. The monoisotopic (exact) mass is 225 g/mol. The van der Waals surface area contributed by atoms with Crippen molar-refractivity contribution in [2.75, 3.05) is 11.9 Å². The smallest absolute Gasteiger partial charge is 0.0487 e. The van der Waals surface area contributed by atoms with E-state index in [9.17, 15) is 0 Å². The molecule has 0 spiro atoms. The fraction of sp³-hybridized carbons (Fsp3) is 0.200. The summed E-state index contributed by atoms with van der Waals surface area (Å²) in [5, 5.41) is 3.22. The van der Waals surface area contributed by atoms with Crippen LogP contribution in [0.5, 0.6) is 0 Å². The van der Waals surface area contributed by atoms with Crippen molar-refractivity contribution < 1.29 is 0 Å². The first kappa shape index (κ1) is 9.33. The standard InChI is InChI=1S/C10H12BrN/c1-3-6-12-10-5-4-8(2)7-9(10)11/h3-5,7,12H,1,6H2,2H3. The molecular formula is C10H12BrN. The fourth-order valence-corrected chi connectivity index (χ4v) is 1.58. The summed E-state index contributed by atoms with van der Waals surface area (Å²) in [5.41, 5.74) is 2.37. The molecule has 1 nitrogen and oxygen atoms in total. The van der Waals surface area contributed by atoms with Gasteiger partial charge in [0.05, 0.1) is 0 Å². The lowest BCUT2D eigenvalue weighted by molar-refractivity contribution is 1.32. The zero-order valence-electron chi connectivity index (χ0n) is 7.10. The third-order valence-electron chi connectivity index (χ3n) is 1.56. The van der Waals surface area contributed by atoms with Gasteiger partial charge in [-0.25, -0.2) is 0 Å². The summed E-state index contributed by atoms with van der Waals surface area (Å²) >= 11 is 3.48. The van der Waals surface area contributed by atoms with Gasteiger partial charge in [0, 0.05) is 16.7 Å². The minimum atomic E-state index is 0.793. The van der Waals surface area contributed by atoms with Crippen LogP contribution in [-0.4, -0.2) is 6.54 Å². The van der Waals surface area contributed by atoms with Crippen LogP contribution in [0.4, 0.5) is 5.69 Å². The molecule has 0 bridgehead atoms. The summed E-state index contributed by atoms with van der Waals surface area (Å²) in [6, 6.07) is 6.23. The van der Waals surface area contributed by atoms with Crippen LogP contribution in [0, 0.1) is 6.92 Å². The molecule has 0 radical (unpaired) electrons. The van der Waals surface area contributed by atoms with E-state index in [-0.39, 0.29) is 0 Å². The number of hydrogen-bond donors (Lipinski definition) is 1. The Hall–Kier alpha value is -0.760. The molecule has 0 fully saturated rings. The molecule has 64 valence electrons. The van der Waals surface area contributed by atoms with E-state index < -0.39 is 0 Å². The second-order valence-corrected chi connectivity index (χ2v) is 3.51. The van der Waals surface area contributed by atoms with Crippen LogP contribution in [-0.2, 0) is 0 Å². The van der Waals surface area contributed by atoms with Crippen molar-refractivity contribution in [3.63, 3.8) is 0 Å². The molecule has 0 amide bonds. The van der Waals surface area contributed by atoms with Gasteiger partial charge in [0.1, 0.15) is 0 Å². The molecule has 1 aromatic carbocycles. The Morgan fingerprint density at radius 3 is 2.92 bits per heavy atom. The Bertz CT molecular complexity index is 281. The summed E-state index contributed by atoms with van der Waals surface area (Å²) < 4.78 is 1.10. The van der Waals surface area contributed by atoms with Gasteiger partial charge < -0.3 is 5.32 Å². The lowest BCUT2D eigenvalue weighted by Crippen LogP contribution is -1.98. The summed E-state index contributed by atoms with van der Waals surface area (Å²) in [7, 11) is 0. The largest absolute Gasteiger partial charge is 0.381 e. The number of benzene rings is 1. The summed E-state index contributed by atoms with van der Waals surface area (Å²) in [5.74, 6) is 0. The van der Waals surface area contributed by atoms with Crippen LogP contribution in [0.3, 0.4) is 0 Å². The maximum absolute atomic E-state index is 3.65. The van der Waals surface area contributed by atoms with Crippen LogP contribution < -0.4 is 5.32 Å². The zero-order valence-corrected chi connectivity index (χ0v) is 8.69. The molecule has 0 aliphatic heterocycles. The van der Waals surface area contributed by atoms with Gasteiger partial charge in [0.2, 0.25) is 0 Å². The number of aryl methyl sites for hydroxylation is 1. The van der Waals surface area contributed by atoms with Gasteiger partial charge in [-0.15, -0.1) is 6.58 Å². The van der Waals surface area contributed by atoms with Gasteiger partial charge >= 0.3 is 0 Å². The SMILES string of the molecule is C=CCNc1ccc(C)cc1Br. The molecule has 1 aromatic rings.